The number of rotatable bonds is 3. The number of amidine groups is 1. The molecule has 0 saturated carbocycles. The second-order valence-electron chi connectivity index (χ2n) is 2.79. The van der Waals surface area contributed by atoms with Gasteiger partial charge in [0, 0.05) is 12.0 Å². The van der Waals surface area contributed by atoms with Crippen molar-refractivity contribution in [3.63, 3.8) is 0 Å². The topological polar surface area (TPSA) is 102 Å². The summed E-state index contributed by atoms with van der Waals surface area (Å²) in [5.74, 6) is -0.481. The van der Waals surface area contributed by atoms with Crippen molar-refractivity contribution in [2.24, 2.45) is 16.6 Å². The van der Waals surface area contributed by atoms with Crippen LogP contribution in [0.15, 0.2) is 29.4 Å². The van der Waals surface area contributed by atoms with Gasteiger partial charge in [-0.2, -0.15) is 0 Å². The average Bonchev–Trinajstić information content (AvgIpc) is 2.18. The molecule has 14 heavy (non-hydrogen) atoms. The molecule has 0 aliphatic heterocycles. The lowest BCUT2D eigenvalue weighted by Crippen LogP contribution is -2.19. The van der Waals surface area contributed by atoms with Gasteiger partial charge < -0.3 is 16.7 Å². The monoisotopic (exact) mass is 193 g/mol. The van der Waals surface area contributed by atoms with E-state index in [0.29, 0.717) is 11.1 Å². The van der Waals surface area contributed by atoms with Crippen molar-refractivity contribution in [1.29, 1.82) is 0 Å². The third-order valence-corrected chi connectivity index (χ3v) is 1.78. The van der Waals surface area contributed by atoms with E-state index in [9.17, 15) is 4.79 Å². The Kier molecular flexibility index (Phi) is 3.06. The van der Waals surface area contributed by atoms with Crippen molar-refractivity contribution in [1.82, 2.24) is 0 Å². The molecule has 0 bridgehead atoms. The first kappa shape index (κ1) is 10.0. The summed E-state index contributed by atoms with van der Waals surface area (Å²) in [4.78, 5) is 11.0. The van der Waals surface area contributed by atoms with E-state index in [0.717, 1.165) is 0 Å². The second kappa shape index (κ2) is 4.27. The Morgan fingerprint density at radius 2 is 2.00 bits per heavy atom. The van der Waals surface area contributed by atoms with Gasteiger partial charge in [-0.25, -0.2) is 0 Å². The number of primary amides is 1. The molecule has 5 heteroatoms. The summed E-state index contributed by atoms with van der Waals surface area (Å²) in [6.07, 6.45) is 0.204. The highest BCUT2D eigenvalue weighted by Crippen LogP contribution is 2.08. The zero-order chi connectivity index (χ0) is 10.6. The fourth-order valence-electron chi connectivity index (χ4n) is 1.15. The Morgan fingerprint density at radius 1 is 1.36 bits per heavy atom. The first-order chi connectivity index (χ1) is 6.65. The Hall–Kier alpha value is -2.04. The van der Waals surface area contributed by atoms with E-state index < -0.39 is 5.91 Å². The SMILES string of the molecule is NC(=O)c1ccccc1C/C(N)=N/O. The van der Waals surface area contributed by atoms with Gasteiger partial charge in [-0.05, 0) is 11.6 Å². The normalized spacial score (nSPS) is 11.3. The zero-order valence-electron chi connectivity index (χ0n) is 7.47. The molecule has 0 heterocycles. The number of benzene rings is 1. The highest BCUT2D eigenvalue weighted by molar-refractivity contribution is 5.96. The molecule has 5 nitrogen and oxygen atoms in total. The highest BCUT2D eigenvalue weighted by atomic mass is 16.4. The fourth-order valence-corrected chi connectivity index (χ4v) is 1.15. The number of nitrogens with zero attached hydrogens (tertiary/aromatic N) is 1. The first-order valence-electron chi connectivity index (χ1n) is 3.99. The van der Waals surface area contributed by atoms with Gasteiger partial charge in [0.1, 0.15) is 5.84 Å². The van der Waals surface area contributed by atoms with Crippen LogP contribution in [0.2, 0.25) is 0 Å². The lowest BCUT2D eigenvalue weighted by atomic mass is 10.0. The lowest BCUT2D eigenvalue weighted by molar-refractivity contribution is 0.0999. The third kappa shape index (κ3) is 2.22. The molecular weight excluding hydrogens is 182 g/mol. The Labute approximate surface area is 81.0 Å². The molecule has 0 saturated heterocycles. The van der Waals surface area contributed by atoms with E-state index >= 15 is 0 Å². The molecule has 0 aliphatic rings. The van der Waals surface area contributed by atoms with Gasteiger partial charge in [-0.1, -0.05) is 23.4 Å². The third-order valence-electron chi connectivity index (χ3n) is 1.78. The van der Waals surface area contributed by atoms with E-state index in [1.165, 1.54) is 0 Å². The minimum absolute atomic E-state index is 0.0405. The number of nitrogens with two attached hydrogens (primary N) is 2. The molecule has 5 N–H and O–H groups in total. The van der Waals surface area contributed by atoms with Crippen molar-refractivity contribution in [2.75, 3.05) is 0 Å². The summed E-state index contributed by atoms with van der Waals surface area (Å²) in [5.41, 5.74) is 11.5. The van der Waals surface area contributed by atoms with Gasteiger partial charge in [0.05, 0.1) is 0 Å². The number of amides is 1. The molecule has 1 rings (SSSR count). The molecule has 1 aromatic carbocycles. The van der Waals surface area contributed by atoms with Gasteiger partial charge in [-0.15, -0.1) is 0 Å². The van der Waals surface area contributed by atoms with Crippen LogP contribution < -0.4 is 11.5 Å². The first-order valence-corrected chi connectivity index (χ1v) is 3.99. The van der Waals surface area contributed by atoms with E-state index in [-0.39, 0.29) is 12.3 Å². The van der Waals surface area contributed by atoms with E-state index in [4.69, 9.17) is 16.7 Å². The molecule has 1 amide bonds. The molecule has 74 valence electrons. The van der Waals surface area contributed by atoms with E-state index in [1.807, 2.05) is 0 Å². The molecule has 0 aliphatic carbocycles. The van der Waals surface area contributed by atoms with Crippen molar-refractivity contribution < 1.29 is 10.0 Å². The molecule has 0 unspecified atom stereocenters. The molecule has 0 aromatic heterocycles. The van der Waals surface area contributed by atoms with Crippen molar-refractivity contribution >= 4 is 11.7 Å². The highest BCUT2D eigenvalue weighted by Gasteiger charge is 2.07. The number of hydrogen-bond donors (Lipinski definition) is 3. The quantitative estimate of drug-likeness (QED) is 0.274. The second-order valence-corrected chi connectivity index (χ2v) is 2.79. The molecule has 1 aromatic rings. The smallest absolute Gasteiger partial charge is 0.248 e. The van der Waals surface area contributed by atoms with Crippen molar-refractivity contribution in [3.05, 3.63) is 35.4 Å². The number of carbonyl (C=O) groups is 1. The maximum absolute atomic E-state index is 11.0. The van der Waals surface area contributed by atoms with Gasteiger partial charge in [0.25, 0.3) is 0 Å². The molecule has 0 spiro atoms. The van der Waals surface area contributed by atoms with Crippen LogP contribution in [0, 0.1) is 0 Å². The van der Waals surface area contributed by atoms with Crippen LogP contribution in [0.3, 0.4) is 0 Å². The van der Waals surface area contributed by atoms with E-state index in [2.05, 4.69) is 5.16 Å². The lowest BCUT2D eigenvalue weighted by Gasteiger charge is -2.04. The van der Waals surface area contributed by atoms with Crippen LogP contribution >= 0.6 is 0 Å². The Balaban J connectivity index is 3.02. The summed E-state index contributed by atoms with van der Waals surface area (Å²) in [6, 6.07) is 6.77. The number of hydrogen-bond acceptors (Lipinski definition) is 3. The van der Waals surface area contributed by atoms with Crippen molar-refractivity contribution in [3.8, 4) is 0 Å². The van der Waals surface area contributed by atoms with Gasteiger partial charge in [0.2, 0.25) is 5.91 Å². The van der Waals surface area contributed by atoms with Gasteiger partial charge in [0.15, 0.2) is 0 Å². The molecule has 0 atom stereocenters. The minimum Gasteiger partial charge on any atom is -0.409 e. The minimum atomic E-state index is -0.522. The molecular formula is C9H11N3O2. The summed E-state index contributed by atoms with van der Waals surface area (Å²) in [5, 5.41) is 11.2. The van der Waals surface area contributed by atoms with Crippen LogP contribution in [0.25, 0.3) is 0 Å². The van der Waals surface area contributed by atoms with Crippen LogP contribution in [0.4, 0.5) is 0 Å². The van der Waals surface area contributed by atoms with Crippen LogP contribution in [-0.2, 0) is 6.42 Å². The maximum Gasteiger partial charge on any atom is 0.248 e. The summed E-state index contributed by atoms with van der Waals surface area (Å²) in [7, 11) is 0. The molecule has 0 radical (unpaired) electrons. The zero-order valence-corrected chi connectivity index (χ0v) is 7.47. The summed E-state index contributed by atoms with van der Waals surface area (Å²) >= 11 is 0. The summed E-state index contributed by atoms with van der Waals surface area (Å²) < 4.78 is 0. The van der Waals surface area contributed by atoms with Crippen LogP contribution in [0.5, 0.6) is 0 Å². The van der Waals surface area contributed by atoms with Crippen LogP contribution in [0.1, 0.15) is 15.9 Å². The Bertz CT molecular complexity index is 374. The largest absolute Gasteiger partial charge is 0.409 e. The van der Waals surface area contributed by atoms with Gasteiger partial charge in [-0.3, -0.25) is 4.79 Å². The standard InChI is InChI=1S/C9H11N3O2/c10-8(12-14)5-6-3-1-2-4-7(6)9(11)13/h1-4,14H,5H2,(H2,10,12)(H2,11,13). The maximum atomic E-state index is 11.0. The van der Waals surface area contributed by atoms with Gasteiger partial charge >= 0.3 is 0 Å². The summed E-state index contributed by atoms with van der Waals surface area (Å²) in [6.45, 7) is 0. The average molecular weight is 193 g/mol. The van der Waals surface area contributed by atoms with Crippen LogP contribution in [-0.4, -0.2) is 17.0 Å². The Morgan fingerprint density at radius 3 is 2.57 bits per heavy atom. The fraction of sp³-hybridized carbons (Fsp3) is 0.111. The predicted molar refractivity (Wildman–Crippen MR) is 52.1 cm³/mol. The number of carbonyl (C=O) groups excluding carboxylic acids is 1. The van der Waals surface area contributed by atoms with Crippen molar-refractivity contribution in [2.45, 2.75) is 6.42 Å². The number of oxime groups is 1. The van der Waals surface area contributed by atoms with E-state index in [1.54, 1.807) is 24.3 Å². The predicted octanol–water partition coefficient (Wildman–Crippen LogP) is 0.0744. The molecule has 0 fully saturated rings.